The van der Waals surface area contributed by atoms with Crippen LogP contribution in [-0.4, -0.2) is 38.1 Å². The van der Waals surface area contributed by atoms with E-state index in [1.165, 1.54) is 0 Å². The molecule has 2 amide bonds. The highest BCUT2D eigenvalue weighted by Gasteiger charge is 2.47. The predicted octanol–water partition coefficient (Wildman–Crippen LogP) is 3.97. The molecule has 0 radical (unpaired) electrons. The van der Waals surface area contributed by atoms with E-state index in [0.29, 0.717) is 29.3 Å². The van der Waals surface area contributed by atoms with E-state index in [1.807, 2.05) is 35.0 Å². The minimum Gasteiger partial charge on any atom is -0.343 e. The maximum Gasteiger partial charge on any atom is 0.323 e. The number of imidazole rings is 1. The maximum atomic E-state index is 12.4. The van der Waals surface area contributed by atoms with Crippen molar-refractivity contribution >= 4 is 29.4 Å². The van der Waals surface area contributed by atoms with Crippen molar-refractivity contribution in [3.8, 4) is 5.69 Å². The Morgan fingerprint density at radius 2 is 1.97 bits per heavy atom. The lowest BCUT2D eigenvalue weighted by Crippen LogP contribution is -2.38. The van der Waals surface area contributed by atoms with Gasteiger partial charge in [0.25, 0.3) is 0 Å². The molecule has 1 saturated heterocycles. The SMILES string of the molecule is CC(C)C1CNC(=O)N1c1ccnc(NC2(c3cn(-c4ccc(Cl)cc4)cn3)CC2)n1. The van der Waals surface area contributed by atoms with E-state index in [9.17, 15) is 4.79 Å². The van der Waals surface area contributed by atoms with Crippen LogP contribution in [-0.2, 0) is 5.54 Å². The Hall–Kier alpha value is -3.13. The van der Waals surface area contributed by atoms with Gasteiger partial charge in [0.15, 0.2) is 0 Å². The molecule has 1 atom stereocenters. The van der Waals surface area contributed by atoms with E-state index in [-0.39, 0.29) is 17.6 Å². The van der Waals surface area contributed by atoms with Gasteiger partial charge >= 0.3 is 6.03 Å². The Kier molecular flexibility index (Phi) is 4.81. The zero-order chi connectivity index (χ0) is 21.6. The van der Waals surface area contributed by atoms with Crippen LogP contribution in [0, 0.1) is 5.92 Å². The van der Waals surface area contributed by atoms with Crippen LogP contribution in [0.15, 0.2) is 49.1 Å². The van der Waals surface area contributed by atoms with Gasteiger partial charge in [-0.05, 0) is 49.1 Å². The van der Waals surface area contributed by atoms with Crippen LogP contribution in [0.3, 0.4) is 0 Å². The van der Waals surface area contributed by atoms with Crippen molar-refractivity contribution in [1.82, 2.24) is 24.8 Å². The Morgan fingerprint density at radius 3 is 2.68 bits per heavy atom. The number of nitrogens with one attached hydrogen (secondary N) is 2. The largest absolute Gasteiger partial charge is 0.343 e. The van der Waals surface area contributed by atoms with Gasteiger partial charge in [-0.1, -0.05) is 25.4 Å². The fourth-order valence-electron chi connectivity index (χ4n) is 3.98. The first-order valence-electron chi connectivity index (χ1n) is 10.4. The third-order valence-electron chi connectivity index (χ3n) is 5.97. The molecule has 1 saturated carbocycles. The van der Waals surface area contributed by atoms with Crippen LogP contribution in [0.4, 0.5) is 16.6 Å². The van der Waals surface area contributed by atoms with Crippen molar-refractivity contribution in [1.29, 1.82) is 0 Å². The van der Waals surface area contributed by atoms with E-state index >= 15 is 0 Å². The number of amides is 2. The molecule has 9 heteroatoms. The lowest BCUT2D eigenvalue weighted by atomic mass is 10.0. The standard InChI is InChI=1S/C22H24ClN7O/c1-14(2)17-11-25-21(31)30(17)19-7-10-24-20(27-19)28-22(8-9-22)18-12-29(13-26-18)16-5-3-15(23)4-6-16/h3-7,10,12-14,17H,8-9,11H2,1-2H3,(H,25,31)(H,24,27,28). The molecule has 0 spiro atoms. The molecule has 0 bridgehead atoms. The molecule has 2 aromatic heterocycles. The molecule has 1 aromatic carbocycles. The fourth-order valence-corrected chi connectivity index (χ4v) is 4.10. The highest BCUT2D eigenvalue weighted by atomic mass is 35.5. The summed E-state index contributed by atoms with van der Waals surface area (Å²) in [6.45, 7) is 4.83. The van der Waals surface area contributed by atoms with Crippen molar-refractivity contribution in [3.05, 3.63) is 59.8 Å². The molecule has 1 unspecified atom stereocenters. The Bertz CT molecular complexity index is 1110. The number of rotatable bonds is 6. The summed E-state index contributed by atoms with van der Waals surface area (Å²) in [5, 5.41) is 7.08. The lowest BCUT2D eigenvalue weighted by molar-refractivity contribution is 0.251. The predicted molar refractivity (Wildman–Crippen MR) is 120 cm³/mol. The summed E-state index contributed by atoms with van der Waals surface area (Å²) in [4.78, 5) is 27.8. The minimum atomic E-state index is -0.291. The first kappa shape index (κ1) is 19.8. The quantitative estimate of drug-likeness (QED) is 0.609. The number of halogens is 1. The zero-order valence-electron chi connectivity index (χ0n) is 17.4. The maximum absolute atomic E-state index is 12.4. The van der Waals surface area contributed by atoms with Crippen molar-refractivity contribution in [2.75, 3.05) is 16.8 Å². The molecular formula is C22H24ClN7O. The van der Waals surface area contributed by atoms with Crippen LogP contribution in [0.1, 0.15) is 32.4 Å². The molecule has 3 aromatic rings. The second-order valence-electron chi connectivity index (χ2n) is 8.46. The molecule has 2 aliphatic rings. The highest BCUT2D eigenvalue weighted by Crippen LogP contribution is 2.47. The van der Waals surface area contributed by atoms with Crippen LogP contribution < -0.4 is 15.5 Å². The van der Waals surface area contributed by atoms with Gasteiger partial charge in [-0.3, -0.25) is 4.90 Å². The van der Waals surface area contributed by atoms with Gasteiger partial charge in [0.2, 0.25) is 5.95 Å². The molecule has 8 nitrogen and oxygen atoms in total. The smallest absolute Gasteiger partial charge is 0.323 e. The summed E-state index contributed by atoms with van der Waals surface area (Å²) < 4.78 is 1.98. The van der Waals surface area contributed by atoms with Crippen molar-refractivity contribution in [3.63, 3.8) is 0 Å². The number of hydrogen-bond donors (Lipinski definition) is 2. The average Bonchev–Trinajstić information content (AvgIpc) is 3.18. The number of carbonyl (C=O) groups is 1. The van der Waals surface area contributed by atoms with Crippen LogP contribution >= 0.6 is 11.6 Å². The van der Waals surface area contributed by atoms with Crippen molar-refractivity contribution in [2.24, 2.45) is 5.92 Å². The highest BCUT2D eigenvalue weighted by molar-refractivity contribution is 6.30. The van der Waals surface area contributed by atoms with E-state index in [0.717, 1.165) is 24.2 Å². The van der Waals surface area contributed by atoms with Crippen LogP contribution in [0.25, 0.3) is 5.69 Å². The molecule has 2 N–H and O–H groups in total. The number of aromatic nitrogens is 4. The summed E-state index contributed by atoms with van der Waals surface area (Å²) >= 11 is 6.00. The molecule has 3 heterocycles. The summed E-state index contributed by atoms with van der Waals surface area (Å²) in [6.07, 6.45) is 7.40. The molecule has 160 valence electrons. The second kappa shape index (κ2) is 7.53. The molecule has 1 aliphatic carbocycles. The van der Waals surface area contributed by atoms with E-state index in [4.69, 9.17) is 11.6 Å². The number of urea groups is 1. The van der Waals surface area contributed by atoms with Gasteiger partial charge in [0.05, 0.1) is 23.6 Å². The number of benzene rings is 1. The van der Waals surface area contributed by atoms with Gasteiger partial charge in [-0.15, -0.1) is 0 Å². The summed E-state index contributed by atoms with van der Waals surface area (Å²) in [5.74, 6) is 1.42. The zero-order valence-corrected chi connectivity index (χ0v) is 18.2. The summed E-state index contributed by atoms with van der Waals surface area (Å²) in [5.41, 5.74) is 1.65. The average molecular weight is 438 g/mol. The molecule has 1 aliphatic heterocycles. The Labute approximate surface area is 185 Å². The first-order valence-corrected chi connectivity index (χ1v) is 10.8. The topological polar surface area (TPSA) is 88.0 Å². The number of anilines is 2. The van der Waals surface area contributed by atoms with E-state index in [2.05, 4.69) is 39.4 Å². The van der Waals surface area contributed by atoms with Crippen LogP contribution in [0.5, 0.6) is 0 Å². The summed E-state index contributed by atoms with van der Waals surface area (Å²) in [6, 6.07) is 9.37. The van der Waals surface area contributed by atoms with E-state index in [1.54, 1.807) is 23.5 Å². The van der Waals surface area contributed by atoms with Crippen molar-refractivity contribution in [2.45, 2.75) is 38.3 Å². The third-order valence-corrected chi connectivity index (χ3v) is 6.22. The van der Waals surface area contributed by atoms with Gasteiger partial charge in [-0.2, -0.15) is 4.98 Å². The summed E-state index contributed by atoms with van der Waals surface area (Å²) in [7, 11) is 0. The van der Waals surface area contributed by atoms with Crippen LogP contribution in [0.2, 0.25) is 5.02 Å². The number of hydrogen-bond acceptors (Lipinski definition) is 5. The molecule has 2 fully saturated rings. The second-order valence-corrected chi connectivity index (χ2v) is 8.89. The first-order chi connectivity index (χ1) is 14.9. The van der Waals surface area contributed by atoms with Gasteiger partial charge in [0, 0.05) is 29.6 Å². The molecule has 31 heavy (non-hydrogen) atoms. The van der Waals surface area contributed by atoms with E-state index < -0.39 is 0 Å². The van der Waals surface area contributed by atoms with Gasteiger partial charge in [-0.25, -0.2) is 14.8 Å². The third kappa shape index (κ3) is 3.72. The minimum absolute atomic E-state index is 0.0696. The fraction of sp³-hybridized carbons (Fsp3) is 0.364. The number of carbonyl (C=O) groups excluding carboxylic acids is 1. The lowest BCUT2D eigenvalue weighted by Gasteiger charge is -2.25. The number of nitrogens with zero attached hydrogens (tertiary/aromatic N) is 5. The molecule has 5 rings (SSSR count). The van der Waals surface area contributed by atoms with Gasteiger partial charge < -0.3 is 15.2 Å². The Balaban J connectivity index is 1.38. The van der Waals surface area contributed by atoms with Gasteiger partial charge in [0.1, 0.15) is 5.82 Å². The monoisotopic (exact) mass is 437 g/mol. The van der Waals surface area contributed by atoms with Crippen molar-refractivity contribution < 1.29 is 4.79 Å². The molecular weight excluding hydrogens is 414 g/mol. The normalized spacial score (nSPS) is 19.5. The Morgan fingerprint density at radius 1 is 1.19 bits per heavy atom.